The van der Waals surface area contributed by atoms with E-state index in [1.54, 1.807) is 0 Å². The van der Waals surface area contributed by atoms with Crippen LogP contribution in [0.1, 0.15) is 24.0 Å². The summed E-state index contributed by atoms with van der Waals surface area (Å²) in [6.07, 6.45) is 1.65. The summed E-state index contributed by atoms with van der Waals surface area (Å²) in [5.41, 5.74) is 4.96. The van der Waals surface area contributed by atoms with Gasteiger partial charge in [0.15, 0.2) is 0 Å². The molecule has 0 aromatic heterocycles. The van der Waals surface area contributed by atoms with Gasteiger partial charge in [0.2, 0.25) is 11.8 Å². The Balaban J connectivity index is 1.45. The van der Waals surface area contributed by atoms with E-state index in [2.05, 4.69) is 38.4 Å². The maximum Gasteiger partial charge on any atom is 0.240 e. The molecule has 0 unspecified atom stereocenters. The van der Waals surface area contributed by atoms with Crippen molar-refractivity contribution in [3.05, 3.63) is 93.6 Å². The van der Waals surface area contributed by atoms with Crippen molar-refractivity contribution in [2.75, 3.05) is 5.32 Å². The highest BCUT2D eigenvalue weighted by molar-refractivity contribution is 14.1. The first kappa shape index (κ1) is 22.5. The topological polar surface area (TPSA) is 79.8 Å². The number of benzene rings is 3. The number of amides is 2. The van der Waals surface area contributed by atoms with Crippen molar-refractivity contribution in [2.45, 2.75) is 19.4 Å². The average molecular weight is 527 g/mol. The van der Waals surface area contributed by atoms with Crippen LogP contribution in [0.15, 0.2) is 84.0 Å². The molecular formula is C24H22IN3O3. The van der Waals surface area contributed by atoms with Gasteiger partial charge in [-0.2, -0.15) is 5.10 Å². The van der Waals surface area contributed by atoms with Crippen molar-refractivity contribution in [1.29, 1.82) is 0 Å². The molecule has 0 heterocycles. The molecule has 31 heavy (non-hydrogen) atoms. The summed E-state index contributed by atoms with van der Waals surface area (Å²) in [7, 11) is 0. The fraction of sp³-hybridized carbons (Fsp3) is 0.125. The van der Waals surface area contributed by atoms with Gasteiger partial charge < -0.3 is 10.1 Å². The number of anilines is 1. The predicted octanol–water partition coefficient (Wildman–Crippen LogP) is 4.74. The monoisotopic (exact) mass is 527 g/mol. The van der Waals surface area contributed by atoms with Gasteiger partial charge in [0.1, 0.15) is 12.4 Å². The minimum atomic E-state index is -0.336. The van der Waals surface area contributed by atoms with E-state index in [1.165, 1.54) is 6.21 Å². The van der Waals surface area contributed by atoms with Crippen molar-refractivity contribution < 1.29 is 14.3 Å². The van der Waals surface area contributed by atoms with E-state index in [-0.39, 0.29) is 24.7 Å². The fourth-order valence-corrected chi connectivity index (χ4v) is 3.03. The van der Waals surface area contributed by atoms with Crippen LogP contribution in [0.5, 0.6) is 5.75 Å². The standard InChI is InChI=1S/C24H22IN3O3/c25-20-10-12-21(13-11-20)27-23(29)14-15-24(30)28-26-16-19-8-4-5-9-22(19)31-17-18-6-2-1-3-7-18/h1-13,16H,14-15,17H2,(H,27,29)(H,28,30)/b26-16-. The van der Waals surface area contributed by atoms with Crippen LogP contribution in [-0.4, -0.2) is 18.0 Å². The van der Waals surface area contributed by atoms with Crippen molar-refractivity contribution >= 4 is 46.3 Å². The molecule has 0 saturated heterocycles. The second kappa shape index (κ2) is 11.8. The van der Waals surface area contributed by atoms with Crippen LogP contribution < -0.4 is 15.5 Å². The molecule has 7 heteroatoms. The van der Waals surface area contributed by atoms with Crippen LogP contribution in [0.4, 0.5) is 5.69 Å². The zero-order chi connectivity index (χ0) is 21.9. The number of carbonyl (C=O) groups excluding carboxylic acids is 2. The van der Waals surface area contributed by atoms with Gasteiger partial charge in [-0.15, -0.1) is 0 Å². The van der Waals surface area contributed by atoms with Crippen LogP contribution in [0.2, 0.25) is 0 Å². The summed E-state index contributed by atoms with van der Waals surface area (Å²) in [6.45, 7) is 0.438. The van der Waals surface area contributed by atoms with Crippen molar-refractivity contribution in [2.24, 2.45) is 5.10 Å². The van der Waals surface area contributed by atoms with Gasteiger partial charge in [-0.1, -0.05) is 42.5 Å². The molecule has 0 fully saturated rings. The molecule has 0 aliphatic heterocycles. The summed E-state index contributed by atoms with van der Waals surface area (Å²) in [5.74, 6) is 0.109. The average Bonchev–Trinajstić information content (AvgIpc) is 2.79. The Labute approximate surface area is 194 Å². The number of rotatable bonds is 9. The minimum absolute atomic E-state index is 0.0414. The number of hydrazone groups is 1. The van der Waals surface area contributed by atoms with Gasteiger partial charge in [0.05, 0.1) is 6.21 Å². The molecule has 0 radical (unpaired) electrons. The SMILES string of the molecule is O=C(CCC(=O)Nc1ccc(I)cc1)N/N=C\c1ccccc1OCc1ccccc1. The first-order valence-corrected chi connectivity index (χ1v) is 10.8. The highest BCUT2D eigenvalue weighted by atomic mass is 127. The van der Waals surface area contributed by atoms with Crippen molar-refractivity contribution in [3.8, 4) is 5.75 Å². The Bertz CT molecular complexity index is 1040. The zero-order valence-corrected chi connectivity index (χ0v) is 18.9. The molecule has 2 amide bonds. The third-order valence-electron chi connectivity index (χ3n) is 4.26. The van der Waals surface area contributed by atoms with Crippen LogP contribution in [0.25, 0.3) is 0 Å². The Morgan fingerprint density at radius 3 is 2.32 bits per heavy atom. The summed E-state index contributed by atoms with van der Waals surface area (Å²) in [4.78, 5) is 24.0. The van der Waals surface area contributed by atoms with Gasteiger partial charge in [0, 0.05) is 27.7 Å². The van der Waals surface area contributed by atoms with Gasteiger partial charge >= 0.3 is 0 Å². The van der Waals surface area contributed by atoms with Gasteiger partial charge in [-0.05, 0) is 64.6 Å². The van der Waals surface area contributed by atoms with Gasteiger partial charge in [0.25, 0.3) is 0 Å². The lowest BCUT2D eigenvalue weighted by Gasteiger charge is -2.09. The smallest absolute Gasteiger partial charge is 0.240 e. The number of nitrogens with one attached hydrogen (secondary N) is 2. The van der Waals surface area contributed by atoms with Gasteiger partial charge in [-0.3, -0.25) is 9.59 Å². The summed E-state index contributed by atoms with van der Waals surface area (Å²) in [5, 5.41) is 6.76. The molecule has 3 aromatic rings. The number of hydrogen-bond donors (Lipinski definition) is 2. The molecule has 2 N–H and O–H groups in total. The normalized spacial score (nSPS) is 10.6. The molecule has 0 saturated carbocycles. The third-order valence-corrected chi connectivity index (χ3v) is 4.98. The Hall–Kier alpha value is -3.20. The van der Waals surface area contributed by atoms with Crippen molar-refractivity contribution in [1.82, 2.24) is 5.43 Å². The first-order valence-electron chi connectivity index (χ1n) is 9.73. The van der Waals surface area contributed by atoms with Gasteiger partial charge in [-0.25, -0.2) is 5.43 Å². The Morgan fingerprint density at radius 2 is 1.55 bits per heavy atom. The minimum Gasteiger partial charge on any atom is -0.488 e. The predicted molar refractivity (Wildman–Crippen MR) is 130 cm³/mol. The quantitative estimate of drug-likeness (QED) is 0.240. The molecule has 6 nitrogen and oxygen atoms in total. The van der Waals surface area contributed by atoms with E-state index in [0.717, 1.165) is 14.7 Å². The highest BCUT2D eigenvalue weighted by Crippen LogP contribution is 2.17. The number of nitrogens with zero attached hydrogens (tertiary/aromatic N) is 1. The highest BCUT2D eigenvalue weighted by Gasteiger charge is 2.07. The number of hydrogen-bond acceptors (Lipinski definition) is 4. The van der Waals surface area contributed by atoms with Crippen LogP contribution in [0.3, 0.4) is 0 Å². The lowest BCUT2D eigenvalue weighted by molar-refractivity contribution is -0.124. The zero-order valence-electron chi connectivity index (χ0n) is 16.8. The maximum atomic E-state index is 12.0. The molecule has 0 atom stereocenters. The second-order valence-electron chi connectivity index (χ2n) is 6.66. The van der Waals surface area contributed by atoms with E-state index in [0.29, 0.717) is 18.0 Å². The molecular weight excluding hydrogens is 505 g/mol. The fourth-order valence-electron chi connectivity index (χ4n) is 2.67. The second-order valence-corrected chi connectivity index (χ2v) is 7.91. The summed E-state index contributed by atoms with van der Waals surface area (Å²) >= 11 is 2.19. The third kappa shape index (κ3) is 7.86. The number of para-hydroxylation sites is 1. The van der Waals surface area contributed by atoms with E-state index >= 15 is 0 Å². The van der Waals surface area contributed by atoms with E-state index < -0.39 is 0 Å². The lowest BCUT2D eigenvalue weighted by atomic mass is 10.2. The number of carbonyl (C=O) groups is 2. The molecule has 0 aliphatic rings. The number of ether oxygens (including phenoxy) is 1. The summed E-state index contributed by atoms with van der Waals surface area (Å²) < 4.78 is 6.95. The first-order chi connectivity index (χ1) is 15.1. The Morgan fingerprint density at radius 1 is 0.871 bits per heavy atom. The van der Waals surface area contributed by atoms with Crippen molar-refractivity contribution in [3.63, 3.8) is 0 Å². The number of halogens is 1. The maximum absolute atomic E-state index is 12.0. The van der Waals surface area contributed by atoms with E-state index in [9.17, 15) is 9.59 Å². The molecule has 0 aliphatic carbocycles. The lowest BCUT2D eigenvalue weighted by Crippen LogP contribution is -2.20. The largest absolute Gasteiger partial charge is 0.488 e. The van der Waals surface area contributed by atoms with E-state index in [1.807, 2.05) is 78.9 Å². The van der Waals surface area contributed by atoms with Crippen LogP contribution >= 0.6 is 22.6 Å². The summed E-state index contributed by atoms with van der Waals surface area (Å²) in [6, 6.07) is 24.8. The molecule has 3 rings (SSSR count). The van der Waals surface area contributed by atoms with E-state index in [4.69, 9.17) is 4.74 Å². The molecule has 158 valence electrons. The molecule has 0 bridgehead atoms. The van der Waals surface area contributed by atoms with Crippen LogP contribution in [0, 0.1) is 3.57 Å². The molecule has 0 spiro atoms. The molecule has 3 aromatic carbocycles. The Kier molecular flexibility index (Phi) is 8.59. The van der Waals surface area contributed by atoms with Crippen LogP contribution in [-0.2, 0) is 16.2 Å².